The van der Waals surface area contributed by atoms with E-state index in [0.717, 1.165) is 16.9 Å². The lowest BCUT2D eigenvalue weighted by atomic mass is 10.1. The van der Waals surface area contributed by atoms with E-state index in [-0.39, 0.29) is 11.2 Å². The van der Waals surface area contributed by atoms with E-state index in [1.165, 1.54) is 12.1 Å². The van der Waals surface area contributed by atoms with Gasteiger partial charge in [-0.2, -0.15) is 0 Å². The molecule has 0 amide bonds. The van der Waals surface area contributed by atoms with Crippen LogP contribution in [0.2, 0.25) is 0 Å². The number of aromatic carboxylic acids is 1. The highest BCUT2D eigenvalue weighted by Gasteiger charge is 2.10. The van der Waals surface area contributed by atoms with E-state index < -0.39 is 5.97 Å². The van der Waals surface area contributed by atoms with Gasteiger partial charge in [-0.15, -0.1) is 0 Å². The van der Waals surface area contributed by atoms with Gasteiger partial charge in [0.2, 0.25) is 0 Å². The Labute approximate surface area is 142 Å². The highest BCUT2D eigenvalue weighted by Crippen LogP contribution is 2.18. The quantitative estimate of drug-likeness (QED) is 0.852. The van der Waals surface area contributed by atoms with Crippen LogP contribution in [0.5, 0.6) is 5.75 Å². The van der Waals surface area contributed by atoms with Crippen LogP contribution in [0, 0.1) is 23.7 Å². The van der Waals surface area contributed by atoms with Crippen LogP contribution < -0.4 is 4.74 Å². The van der Waals surface area contributed by atoms with Crippen LogP contribution >= 0.6 is 0 Å². The predicted octanol–water partition coefficient (Wildman–Crippen LogP) is 3.97. The zero-order valence-electron chi connectivity index (χ0n) is 13.9. The van der Waals surface area contributed by atoms with E-state index >= 15 is 0 Å². The van der Waals surface area contributed by atoms with Crippen molar-refractivity contribution in [2.45, 2.75) is 26.4 Å². The van der Waals surface area contributed by atoms with Crippen LogP contribution in [0.4, 0.5) is 0 Å². The average molecular weight is 318 g/mol. The minimum Gasteiger partial charge on any atom is -0.488 e. The smallest absolute Gasteiger partial charge is 0.335 e. The van der Waals surface area contributed by atoms with Gasteiger partial charge in [-0.05, 0) is 81.1 Å². The van der Waals surface area contributed by atoms with Crippen LogP contribution in [0.1, 0.15) is 42.3 Å². The fraction of sp³-hybridized carbons (Fsp3) is 0.190. The fourth-order valence-electron chi connectivity index (χ4n) is 1.86. The monoisotopic (exact) mass is 318 g/mol. The Morgan fingerprint density at radius 3 is 1.75 bits per heavy atom. The van der Waals surface area contributed by atoms with Crippen molar-refractivity contribution in [2.24, 2.45) is 0 Å². The van der Waals surface area contributed by atoms with Crippen molar-refractivity contribution in [1.82, 2.24) is 0 Å². The number of rotatable bonds is 2. The molecule has 3 nitrogen and oxygen atoms in total. The number of hydrogen-bond donors (Lipinski definition) is 1. The summed E-state index contributed by atoms with van der Waals surface area (Å²) in [6, 6.07) is 13.9. The first-order valence-electron chi connectivity index (χ1n) is 7.48. The molecule has 0 atom stereocenters. The van der Waals surface area contributed by atoms with Crippen LogP contribution in [-0.4, -0.2) is 16.7 Å². The SMILES string of the molecule is CC(C)(C)Oc1ccc(C#CC#Cc2ccc(C(=O)O)cc2)cc1. The summed E-state index contributed by atoms with van der Waals surface area (Å²) < 4.78 is 5.75. The van der Waals surface area contributed by atoms with Crippen molar-refractivity contribution < 1.29 is 14.6 Å². The Bertz CT molecular complexity index is 831. The van der Waals surface area contributed by atoms with Crippen molar-refractivity contribution in [3.05, 3.63) is 65.2 Å². The van der Waals surface area contributed by atoms with E-state index in [1.807, 2.05) is 45.0 Å². The summed E-state index contributed by atoms with van der Waals surface area (Å²) in [4.78, 5) is 10.8. The molecular weight excluding hydrogens is 300 g/mol. The molecule has 0 saturated carbocycles. The normalized spacial score (nSPS) is 9.96. The predicted molar refractivity (Wildman–Crippen MR) is 94.0 cm³/mol. The molecule has 0 aromatic heterocycles. The summed E-state index contributed by atoms with van der Waals surface area (Å²) in [7, 11) is 0. The Hall–Kier alpha value is -3.17. The number of carboxylic acid groups (broad SMARTS) is 1. The number of carbonyl (C=O) groups is 1. The molecule has 0 unspecified atom stereocenters. The molecule has 0 radical (unpaired) electrons. The highest BCUT2D eigenvalue weighted by molar-refractivity contribution is 5.87. The fourth-order valence-corrected chi connectivity index (χ4v) is 1.86. The van der Waals surface area contributed by atoms with Gasteiger partial charge in [-0.1, -0.05) is 11.8 Å². The lowest BCUT2D eigenvalue weighted by Gasteiger charge is -2.21. The van der Waals surface area contributed by atoms with Gasteiger partial charge in [0.05, 0.1) is 5.56 Å². The van der Waals surface area contributed by atoms with Gasteiger partial charge in [0.1, 0.15) is 11.4 Å². The highest BCUT2D eigenvalue weighted by atomic mass is 16.5. The molecule has 0 bridgehead atoms. The first kappa shape index (κ1) is 17.2. The van der Waals surface area contributed by atoms with Gasteiger partial charge in [-0.25, -0.2) is 4.79 Å². The van der Waals surface area contributed by atoms with Gasteiger partial charge < -0.3 is 9.84 Å². The summed E-state index contributed by atoms with van der Waals surface area (Å²) in [6.07, 6.45) is 0. The van der Waals surface area contributed by atoms with Crippen LogP contribution in [0.25, 0.3) is 0 Å². The van der Waals surface area contributed by atoms with E-state index in [1.54, 1.807) is 12.1 Å². The van der Waals surface area contributed by atoms with E-state index in [0.29, 0.717) is 0 Å². The zero-order chi connectivity index (χ0) is 17.6. The molecule has 0 fully saturated rings. The Balaban J connectivity index is 2.02. The molecule has 2 aromatic carbocycles. The number of benzene rings is 2. The van der Waals surface area contributed by atoms with Crippen molar-refractivity contribution in [3.63, 3.8) is 0 Å². The third-order valence-corrected chi connectivity index (χ3v) is 2.89. The third-order valence-electron chi connectivity index (χ3n) is 2.89. The standard InChI is InChI=1S/C21H18O3/c1-21(2,3)24-19-14-10-17(11-15-19)7-5-4-6-16-8-12-18(13-9-16)20(22)23/h8-15H,1-3H3,(H,22,23). The molecule has 3 heteroatoms. The van der Waals surface area contributed by atoms with Crippen molar-refractivity contribution in [1.29, 1.82) is 0 Å². The van der Waals surface area contributed by atoms with Gasteiger partial charge >= 0.3 is 5.97 Å². The minimum absolute atomic E-state index is 0.227. The molecule has 0 spiro atoms. The molecule has 1 N–H and O–H groups in total. The summed E-state index contributed by atoms with van der Waals surface area (Å²) in [6.45, 7) is 6.00. The molecule has 2 aromatic rings. The minimum atomic E-state index is -0.951. The Morgan fingerprint density at radius 1 is 0.875 bits per heavy atom. The van der Waals surface area contributed by atoms with Crippen molar-refractivity contribution >= 4 is 5.97 Å². The second-order valence-electron chi connectivity index (χ2n) is 6.12. The number of carboxylic acids is 1. The van der Waals surface area contributed by atoms with Crippen LogP contribution in [-0.2, 0) is 0 Å². The summed E-state index contributed by atoms with van der Waals surface area (Å²) in [5.74, 6) is 11.2. The zero-order valence-corrected chi connectivity index (χ0v) is 13.9. The number of ether oxygens (including phenoxy) is 1. The second kappa shape index (κ2) is 7.40. The first-order chi connectivity index (χ1) is 11.3. The largest absolute Gasteiger partial charge is 0.488 e. The lowest BCUT2D eigenvalue weighted by Crippen LogP contribution is -2.22. The molecule has 0 heterocycles. The van der Waals surface area contributed by atoms with Crippen LogP contribution in [0.15, 0.2) is 48.5 Å². The van der Waals surface area contributed by atoms with Gasteiger partial charge in [0.15, 0.2) is 0 Å². The van der Waals surface area contributed by atoms with Crippen molar-refractivity contribution in [2.75, 3.05) is 0 Å². The molecule has 0 aliphatic rings. The Kier molecular flexibility index (Phi) is 5.30. The van der Waals surface area contributed by atoms with E-state index in [4.69, 9.17) is 9.84 Å². The van der Waals surface area contributed by atoms with Crippen LogP contribution in [0.3, 0.4) is 0 Å². The van der Waals surface area contributed by atoms with E-state index in [2.05, 4.69) is 23.7 Å². The number of hydrogen-bond acceptors (Lipinski definition) is 2. The Morgan fingerprint density at radius 2 is 1.33 bits per heavy atom. The maximum absolute atomic E-state index is 10.8. The summed E-state index contributed by atoms with van der Waals surface area (Å²) in [5, 5.41) is 8.83. The molecule has 120 valence electrons. The van der Waals surface area contributed by atoms with E-state index in [9.17, 15) is 4.79 Å². The molecule has 0 aliphatic carbocycles. The molecule has 2 rings (SSSR count). The molecular formula is C21H18O3. The molecule has 0 saturated heterocycles. The average Bonchev–Trinajstić information content (AvgIpc) is 2.52. The maximum Gasteiger partial charge on any atom is 0.335 e. The molecule has 0 aliphatic heterocycles. The lowest BCUT2D eigenvalue weighted by molar-refractivity contribution is 0.0697. The first-order valence-corrected chi connectivity index (χ1v) is 7.48. The third kappa shape index (κ3) is 5.55. The summed E-state index contributed by atoms with van der Waals surface area (Å²) in [5.41, 5.74) is 1.59. The topological polar surface area (TPSA) is 46.5 Å². The van der Waals surface area contributed by atoms with Gasteiger partial charge in [0, 0.05) is 11.1 Å². The van der Waals surface area contributed by atoms with Gasteiger partial charge in [-0.3, -0.25) is 0 Å². The maximum atomic E-state index is 10.8. The van der Waals surface area contributed by atoms with Gasteiger partial charge in [0.25, 0.3) is 0 Å². The van der Waals surface area contributed by atoms with Crippen molar-refractivity contribution in [3.8, 4) is 29.4 Å². The summed E-state index contributed by atoms with van der Waals surface area (Å²) >= 11 is 0. The molecule has 24 heavy (non-hydrogen) atoms. The second-order valence-corrected chi connectivity index (χ2v) is 6.12.